The van der Waals surface area contributed by atoms with Crippen LogP contribution in [0.25, 0.3) is 0 Å². The topological polar surface area (TPSA) is 201 Å². The Hall–Kier alpha value is -4.77. The van der Waals surface area contributed by atoms with Gasteiger partial charge in [-0.25, -0.2) is 0 Å². The van der Waals surface area contributed by atoms with Gasteiger partial charge in [0.05, 0.1) is 63.4 Å². The van der Waals surface area contributed by atoms with Gasteiger partial charge < -0.3 is 54.9 Å². The molecule has 3 saturated heterocycles. The monoisotopic (exact) mass is 808 g/mol. The molecule has 1 aliphatic carbocycles. The number of allylic oxidation sites excluding steroid dienone is 1. The molecule has 3 amide bonds. The zero-order valence-corrected chi connectivity index (χ0v) is 34.1. The highest BCUT2D eigenvalue weighted by Gasteiger charge is 2.52. The summed E-state index contributed by atoms with van der Waals surface area (Å²) in [5.74, 6) is 0.773. The average Bonchev–Trinajstić information content (AvgIpc) is 3.89. The number of nitrogens with zero attached hydrogens (tertiary/aromatic N) is 3. The van der Waals surface area contributed by atoms with Crippen molar-refractivity contribution >= 4 is 29.3 Å². The van der Waals surface area contributed by atoms with Crippen molar-refractivity contribution in [2.75, 3.05) is 70.8 Å². The molecule has 1 unspecified atom stereocenters. The maximum Gasteiger partial charge on any atom is 0.246 e. The quantitative estimate of drug-likeness (QED) is 0.0623. The molecule has 318 valence electrons. The van der Waals surface area contributed by atoms with Gasteiger partial charge in [-0.2, -0.15) is 4.98 Å². The number of ether oxygens (including phenoxy) is 4. The third-order valence-corrected chi connectivity index (χ3v) is 10.6. The summed E-state index contributed by atoms with van der Waals surface area (Å²) in [5.41, 5.74) is -0.250. The molecule has 0 radical (unpaired) electrons. The fourth-order valence-electron chi connectivity index (χ4n) is 7.47. The van der Waals surface area contributed by atoms with Gasteiger partial charge in [0.15, 0.2) is 5.78 Å². The first-order chi connectivity index (χ1) is 27.8. The Morgan fingerprint density at radius 3 is 2.40 bits per heavy atom. The third-order valence-electron chi connectivity index (χ3n) is 10.6. The number of fused-ring (bicyclic) bond motifs is 1. The van der Waals surface area contributed by atoms with Crippen LogP contribution in [0.15, 0.2) is 54.7 Å². The van der Waals surface area contributed by atoms with E-state index in [-0.39, 0.29) is 73.4 Å². The maximum atomic E-state index is 13.2. The second kappa shape index (κ2) is 21.3. The zero-order valence-electron chi connectivity index (χ0n) is 34.1. The van der Waals surface area contributed by atoms with Crippen LogP contribution in [-0.4, -0.2) is 140 Å². The van der Waals surface area contributed by atoms with Gasteiger partial charge in [-0.1, -0.05) is 39.0 Å². The predicted molar refractivity (Wildman–Crippen MR) is 215 cm³/mol. The summed E-state index contributed by atoms with van der Waals surface area (Å²) in [6, 6.07) is 11.8. The molecule has 1 aromatic heterocycles. The van der Waals surface area contributed by atoms with E-state index in [1.807, 2.05) is 39.8 Å². The van der Waals surface area contributed by atoms with E-state index in [0.717, 1.165) is 18.8 Å². The number of carbonyl (C=O) groups excluding carboxylic acids is 4. The Balaban J connectivity index is 0.856. The molecule has 4 heterocycles. The summed E-state index contributed by atoms with van der Waals surface area (Å²) in [4.78, 5) is 59.0. The zero-order chi connectivity index (χ0) is 41.7. The first-order valence-corrected chi connectivity index (χ1v) is 20.2. The smallest absolute Gasteiger partial charge is 0.246 e. The number of phenolic OH excluding ortho intramolecular Hbond substituents is 1. The number of hydrogen-bond acceptors (Lipinski definition) is 13. The lowest BCUT2D eigenvalue weighted by Crippen LogP contribution is -2.56. The number of nitrogens with one attached hydrogen (secondary N) is 3. The van der Waals surface area contributed by atoms with Crippen molar-refractivity contribution in [3.8, 4) is 11.6 Å². The molecule has 2 aromatic rings. The number of likely N-dealkylation sites (tertiary alicyclic amines) is 1. The average molecular weight is 809 g/mol. The van der Waals surface area contributed by atoms with Crippen LogP contribution < -0.4 is 25.6 Å². The van der Waals surface area contributed by atoms with Gasteiger partial charge in [-0.3, -0.25) is 19.2 Å². The first-order valence-electron chi connectivity index (χ1n) is 20.2. The van der Waals surface area contributed by atoms with Crippen LogP contribution in [0.3, 0.4) is 0 Å². The standard InChI is InChI=1S/C42H60N6O10/c1-28-23-30(49)26-47(28)41(54)40(42(2,3)4)46-37(53)27-57-22-21-56-20-19-55-18-16-43-36(52)12-8-17-58-38-13-7-11-35(45-38)48-25-29-24-32(48)39(29)44-15-14-34(51)31-9-5-6-10-33(31)50/h5-7,9-11,13-15,28-30,32,39-40,44,49-50H,8,12,16-27H2,1-4H3,(H,43,52)(H,46,53)/b15-14+/t28-,29+,30-,32-,39?,40-/m1/s1. The number of pyridine rings is 1. The van der Waals surface area contributed by atoms with Gasteiger partial charge in [-0.05, 0) is 49.8 Å². The van der Waals surface area contributed by atoms with Crippen molar-refractivity contribution < 1.29 is 48.3 Å². The van der Waals surface area contributed by atoms with Gasteiger partial charge in [0.25, 0.3) is 0 Å². The minimum Gasteiger partial charge on any atom is -0.507 e. The molecular formula is C42H60N6O10. The minimum absolute atomic E-state index is 0.0366. The number of ketones is 1. The lowest BCUT2D eigenvalue weighted by Gasteiger charge is -2.37. The molecule has 6 atom stereocenters. The fourth-order valence-corrected chi connectivity index (χ4v) is 7.47. The fraction of sp³-hybridized carbons (Fsp3) is 0.595. The number of amides is 3. The lowest BCUT2D eigenvalue weighted by atomic mass is 9.80. The van der Waals surface area contributed by atoms with Gasteiger partial charge in [-0.15, -0.1) is 0 Å². The van der Waals surface area contributed by atoms with Crippen molar-refractivity contribution in [3.05, 3.63) is 60.3 Å². The van der Waals surface area contributed by atoms with Crippen LogP contribution in [0.5, 0.6) is 11.6 Å². The molecule has 4 aliphatic rings. The van der Waals surface area contributed by atoms with Crippen molar-refractivity contribution in [2.24, 2.45) is 11.3 Å². The molecule has 6 rings (SSSR count). The van der Waals surface area contributed by atoms with Crippen LogP contribution in [0.2, 0.25) is 0 Å². The molecule has 1 aromatic carbocycles. The Kier molecular flexibility index (Phi) is 16.3. The summed E-state index contributed by atoms with van der Waals surface area (Å²) in [7, 11) is 0. The molecule has 1 saturated carbocycles. The predicted octanol–water partition coefficient (Wildman–Crippen LogP) is 2.19. The normalized spacial score (nSPS) is 21.8. The number of aromatic nitrogens is 1. The van der Waals surface area contributed by atoms with Gasteiger partial charge in [0, 0.05) is 56.4 Å². The Labute approximate surface area is 340 Å². The molecular weight excluding hydrogens is 748 g/mol. The Bertz CT molecular complexity index is 1720. The van der Waals surface area contributed by atoms with Gasteiger partial charge >= 0.3 is 0 Å². The number of aromatic hydroxyl groups is 1. The maximum absolute atomic E-state index is 13.2. The van der Waals surface area contributed by atoms with Crippen molar-refractivity contribution in [1.29, 1.82) is 0 Å². The molecule has 0 spiro atoms. The van der Waals surface area contributed by atoms with Crippen LogP contribution in [0.1, 0.15) is 63.7 Å². The number of β-amino-alcohol motifs (C(OH)–C–C–N with tert-alkyl or cyclic N) is 1. The number of anilines is 1. The number of hydrogen-bond donors (Lipinski definition) is 5. The summed E-state index contributed by atoms with van der Waals surface area (Å²) in [6.45, 7) is 10.6. The third kappa shape index (κ3) is 12.6. The van der Waals surface area contributed by atoms with Crippen molar-refractivity contribution in [2.45, 2.75) is 83.6 Å². The molecule has 4 fully saturated rings. The number of para-hydroxylation sites is 1. The number of phenols is 1. The van der Waals surface area contributed by atoms with Crippen LogP contribution in [0, 0.1) is 11.3 Å². The van der Waals surface area contributed by atoms with E-state index in [0.29, 0.717) is 64.0 Å². The van der Waals surface area contributed by atoms with Crippen LogP contribution in [-0.2, 0) is 28.6 Å². The summed E-state index contributed by atoms with van der Waals surface area (Å²) >= 11 is 0. The van der Waals surface area contributed by atoms with E-state index in [1.165, 1.54) is 12.1 Å². The lowest BCUT2D eigenvalue weighted by molar-refractivity contribution is -0.141. The molecule has 5 N–H and O–H groups in total. The first kappa shape index (κ1) is 44.3. The van der Waals surface area contributed by atoms with E-state index in [9.17, 15) is 29.4 Å². The largest absolute Gasteiger partial charge is 0.507 e. The van der Waals surface area contributed by atoms with E-state index in [2.05, 4.69) is 20.9 Å². The van der Waals surface area contributed by atoms with E-state index in [1.54, 1.807) is 35.4 Å². The summed E-state index contributed by atoms with van der Waals surface area (Å²) in [6.07, 6.45) is 4.96. The number of rotatable bonds is 23. The highest BCUT2D eigenvalue weighted by atomic mass is 16.5. The molecule has 58 heavy (non-hydrogen) atoms. The highest BCUT2D eigenvalue weighted by Crippen LogP contribution is 2.43. The number of carbonyl (C=O) groups is 4. The Morgan fingerprint density at radius 2 is 1.67 bits per heavy atom. The summed E-state index contributed by atoms with van der Waals surface area (Å²) in [5, 5.41) is 28.9. The van der Waals surface area contributed by atoms with Crippen molar-refractivity contribution in [3.63, 3.8) is 0 Å². The Morgan fingerprint density at radius 1 is 0.931 bits per heavy atom. The van der Waals surface area contributed by atoms with Gasteiger partial charge in [0.1, 0.15) is 24.2 Å². The molecule has 16 nitrogen and oxygen atoms in total. The second-order valence-electron chi connectivity index (χ2n) is 16.1. The number of aliphatic hydroxyl groups excluding tert-OH is 1. The second-order valence-corrected chi connectivity index (χ2v) is 16.1. The van der Waals surface area contributed by atoms with E-state index in [4.69, 9.17) is 23.9 Å². The molecule has 16 heteroatoms. The highest BCUT2D eigenvalue weighted by molar-refractivity contribution is 6.06. The molecule has 3 aliphatic heterocycles. The van der Waals surface area contributed by atoms with E-state index < -0.39 is 23.5 Å². The van der Waals surface area contributed by atoms with E-state index >= 15 is 0 Å². The summed E-state index contributed by atoms with van der Waals surface area (Å²) < 4.78 is 22.3. The van der Waals surface area contributed by atoms with Crippen LogP contribution >= 0.6 is 0 Å². The van der Waals surface area contributed by atoms with Crippen molar-refractivity contribution in [1.82, 2.24) is 25.8 Å². The number of aliphatic hydroxyl groups is 1. The number of benzene rings is 1. The van der Waals surface area contributed by atoms with Gasteiger partial charge in [0.2, 0.25) is 23.6 Å². The minimum atomic E-state index is -0.741. The van der Waals surface area contributed by atoms with Crippen LogP contribution in [0.4, 0.5) is 5.82 Å². The SMILES string of the molecule is C[C@@H]1C[C@@H](O)CN1C(=O)[C@@H](NC(=O)COCCOCCOCCNC(=O)CCCOc1cccc(N2C[C@@H]3C[C@@H]2C3N/C=C/C(=O)c2ccccc2O)n1)C(C)(C)C. The molecule has 2 bridgehead atoms.